The van der Waals surface area contributed by atoms with E-state index < -0.39 is 11.6 Å². The van der Waals surface area contributed by atoms with Crippen molar-refractivity contribution in [3.63, 3.8) is 0 Å². The van der Waals surface area contributed by atoms with E-state index in [-0.39, 0.29) is 11.8 Å². The summed E-state index contributed by atoms with van der Waals surface area (Å²) in [5.41, 5.74) is 0.166. The number of anilines is 1. The van der Waals surface area contributed by atoms with Gasteiger partial charge in [0.05, 0.1) is 0 Å². The molecule has 1 spiro atoms. The Morgan fingerprint density at radius 2 is 1.86 bits per heavy atom. The summed E-state index contributed by atoms with van der Waals surface area (Å²) in [4.78, 5) is 27.3. The van der Waals surface area contributed by atoms with Crippen LogP contribution in [0.4, 0.5) is 5.69 Å². The number of carbonyl (C=O) groups is 2. The van der Waals surface area contributed by atoms with E-state index in [1.165, 1.54) is 0 Å². The molecule has 1 aromatic carbocycles. The number of carbonyl (C=O) groups excluding carboxylic acids is 2. The first-order chi connectivity index (χ1) is 10.1. The Morgan fingerprint density at radius 1 is 1.24 bits per heavy atom. The van der Waals surface area contributed by atoms with Crippen LogP contribution < -0.4 is 10.2 Å². The van der Waals surface area contributed by atoms with Crippen molar-refractivity contribution in [1.29, 1.82) is 0 Å². The summed E-state index contributed by atoms with van der Waals surface area (Å²) >= 11 is 2.24. The first kappa shape index (κ1) is 14.8. The Labute approximate surface area is 138 Å². The number of nitrogens with zero attached hydrogens (tertiary/aromatic N) is 1. The van der Waals surface area contributed by atoms with Crippen LogP contribution >= 0.6 is 22.6 Å². The van der Waals surface area contributed by atoms with Gasteiger partial charge in [-0.2, -0.15) is 0 Å². The monoisotopic (exact) mass is 398 g/mol. The highest BCUT2D eigenvalue weighted by Crippen LogP contribution is 2.37. The number of rotatable bonds is 2. The molecule has 3 rings (SSSR count). The van der Waals surface area contributed by atoms with Gasteiger partial charge in [-0.3, -0.25) is 14.5 Å². The number of hydrogen-bond donors (Lipinski definition) is 1. The molecule has 1 heterocycles. The molecule has 21 heavy (non-hydrogen) atoms. The Bertz CT molecular complexity index is 564. The van der Waals surface area contributed by atoms with Crippen LogP contribution in [0.5, 0.6) is 0 Å². The molecule has 5 heteroatoms. The maximum Gasteiger partial charge on any atom is 0.253 e. The number of nitrogens with one attached hydrogen (secondary N) is 1. The molecule has 1 unspecified atom stereocenters. The molecular formula is C16H19IN2O2. The number of benzene rings is 1. The summed E-state index contributed by atoms with van der Waals surface area (Å²) in [5, 5.41) is 3.02. The zero-order valence-electron chi connectivity index (χ0n) is 12.1. The van der Waals surface area contributed by atoms with Crippen LogP contribution in [-0.4, -0.2) is 23.4 Å². The van der Waals surface area contributed by atoms with Crippen molar-refractivity contribution in [2.24, 2.45) is 0 Å². The first-order valence-electron chi connectivity index (χ1n) is 7.49. The number of amides is 2. The van der Waals surface area contributed by atoms with Gasteiger partial charge in [0.2, 0.25) is 5.91 Å². The Hall–Kier alpha value is -1.11. The molecule has 0 aromatic heterocycles. The zero-order valence-corrected chi connectivity index (χ0v) is 14.2. The van der Waals surface area contributed by atoms with Gasteiger partial charge in [-0.1, -0.05) is 19.8 Å². The second-order valence-electron chi connectivity index (χ2n) is 5.85. The topological polar surface area (TPSA) is 49.4 Å². The molecule has 0 radical (unpaired) electrons. The van der Waals surface area contributed by atoms with Crippen molar-refractivity contribution < 1.29 is 9.59 Å². The van der Waals surface area contributed by atoms with E-state index in [1.807, 2.05) is 31.2 Å². The summed E-state index contributed by atoms with van der Waals surface area (Å²) in [6, 6.07) is 7.42. The minimum atomic E-state index is -0.661. The van der Waals surface area contributed by atoms with Crippen molar-refractivity contribution in [1.82, 2.24) is 5.32 Å². The van der Waals surface area contributed by atoms with E-state index in [4.69, 9.17) is 0 Å². The molecule has 1 saturated carbocycles. The van der Waals surface area contributed by atoms with Crippen molar-refractivity contribution in [2.45, 2.75) is 50.6 Å². The van der Waals surface area contributed by atoms with Crippen molar-refractivity contribution >= 4 is 40.1 Å². The predicted octanol–water partition coefficient (Wildman–Crippen LogP) is 2.85. The predicted molar refractivity (Wildman–Crippen MR) is 90.1 cm³/mol. The third kappa shape index (κ3) is 2.45. The van der Waals surface area contributed by atoms with Crippen LogP contribution in [0.3, 0.4) is 0 Å². The molecule has 1 N–H and O–H groups in total. The van der Waals surface area contributed by atoms with Gasteiger partial charge < -0.3 is 5.32 Å². The summed E-state index contributed by atoms with van der Waals surface area (Å²) in [6.45, 7) is 1.95. The molecule has 1 aliphatic carbocycles. The van der Waals surface area contributed by atoms with E-state index in [9.17, 15) is 9.59 Å². The lowest BCUT2D eigenvalue weighted by molar-refractivity contribution is -0.138. The highest BCUT2D eigenvalue weighted by molar-refractivity contribution is 14.1. The van der Waals surface area contributed by atoms with E-state index in [0.717, 1.165) is 34.9 Å². The van der Waals surface area contributed by atoms with Crippen LogP contribution in [-0.2, 0) is 9.59 Å². The standard InChI is InChI=1S/C16H19IN2O2/c1-2-13-14(20)18-16(9-3-4-10-16)15(21)19(13)12-7-5-11(17)6-8-12/h5-8,13H,2-4,9-10H2,1H3,(H,18,20). The molecule has 0 bridgehead atoms. The Morgan fingerprint density at radius 3 is 2.43 bits per heavy atom. The lowest BCUT2D eigenvalue weighted by atomic mass is 9.89. The first-order valence-corrected chi connectivity index (χ1v) is 8.56. The number of hydrogen-bond acceptors (Lipinski definition) is 2. The molecule has 1 aromatic rings. The molecule has 4 nitrogen and oxygen atoms in total. The van der Waals surface area contributed by atoms with Gasteiger partial charge in [0.1, 0.15) is 11.6 Å². The third-order valence-corrected chi connectivity index (χ3v) is 5.27. The van der Waals surface area contributed by atoms with Gasteiger partial charge in [-0.05, 0) is 66.1 Å². The smallest absolute Gasteiger partial charge is 0.253 e. The van der Waals surface area contributed by atoms with Crippen molar-refractivity contribution in [3.8, 4) is 0 Å². The maximum atomic E-state index is 13.1. The fourth-order valence-electron chi connectivity index (χ4n) is 3.45. The van der Waals surface area contributed by atoms with Gasteiger partial charge in [0.15, 0.2) is 0 Å². The quantitative estimate of drug-likeness (QED) is 0.780. The van der Waals surface area contributed by atoms with Crippen LogP contribution in [0.25, 0.3) is 0 Å². The molecule has 112 valence electrons. The number of piperazine rings is 1. The largest absolute Gasteiger partial charge is 0.340 e. The van der Waals surface area contributed by atoms with E-state index >= 15 is 0 Å². The Kier molecular flexibility index (Phi) is 3.94. The van der Waals surface area contributed by atoms with Crippen LogP contribution in [0, 0.1) is 3.57 Å². The highest BCUT2D eigenvalue weighted by Gasteiger charge is 2.51. The van der Waals surface area contributed by atoms with Gasteiger partial charge in [-0.25, -0.2) is 0 Å². The summed E-state index contributed by atoms with van der Waals surface area (Å²) in [6.07, 6.45) is 4.15. The highest BCUT2D eigenvalue weighted by atomic mass is 127. The Balaban J connectivity index is 2.02. The molecule has 2 amide bonds. The molecule has 1 atom stereocenters. The molecular weight excluding hydrogens is 379 g/mol. The van der Waals surface area contributed by atoms with Gasteiger partial charge in [-0.15, -0.1) is 0 Å². The minimum Gasteiger partial charge on any atom is -0.340 e. The lowest BCUT2D eigenvalue weighted by Gasteiger charge is -2.44. The second-order valence-corrected chi connectivity index (χ2v) is 7.10. The minimum absolute atomic E-state index is 0.0162. The summed E-state index contributed by atoms with van der Waals surface area (Å²) in [7, 11) is 0. The molecule has 1 aliphatic heterocycles. The number of halogens is 1. The van der Waals surface area contributed by atoms with Gasteiger partial charge in [0.25, 0.3) is 5.91 Å². The maximum absolute atomic E-state index is 13.1. The fourth-order valence-corrected chi connectivity index (χ4v) is 3.81. The summed E-state index contributed by atoms with van der Waals surface area (Å²) in [5.74, 6) is 0.0465. The molecule has 2 aliphatic rings. The fraction of sp³-hybridized carbons (Fsp3) is 0.500. The van der Waals surface area contributed by atoms with Crippen LogP contribution in [0.2, 0.25) is 0 Å². The van der Waals surface area contributed by atoms with Crippen LogP contribution in [0.1, 0.15) is 39.0 Å². The van der Waals surface area contributed by atoms with Gasteiger partial charge >= 0.3 is 0 Å². The normalized spacial score (nSPS) is 24.5. The van der Waals surface area contributed by atoms with Crippen molar-refractivity contribution in [2.75, 3.05) is 4.90 Å². The average molecular weight is 398 g/mol. The second kappa shape index (κ2) is 5.59. The van der Waals surface area contributed by atoms with E-state index in [0.29, 0.717) is 6.42 Å². The van der Waals surface area contributed by atoms with Gasteiger partial charge in [0, 0.05) is 9.26 Å². The van der Waals surface area contributed by atoms with Crippen molar-refractivity contribution in [3.05, 3.63) is 27.8 Å². The van der Waals surface area contributed by atoms with E-state index in [1.54, 1.807) is 4.90 Å². The molecule has 1 saturated heterocycles. The lowest BCUT2D eigenvalue weighted by Crippen LogP contribution is -2.69. The molecule has 2 fully saturated rings. The zero-order chi connectivity index (χ0) is 15.0. The SMILES string of the molecule is CCC1C(=O)NC2(CCCC2)C(=O)N1c1ccc(I)cc1. The average Bonchev–Trinajstić information content (AvgIpc) is 2.93. The van der Waals surface area contributed by atoms with Crippen LogP contribution in [0.15, 0.2) is 24.3 Å². The van der Waals surface area contributed by atoms with E-state index in [2.05, 4.69) is 27.9 Å². The summed E-state index contributed by atoms with van der Waals surface area (Å²) < 4.78 is 1.12. The third-order valence-electron chi connectivity index (χ3n) is 4.55.